The Bertz CT molecular complexity index is 310. The van der Waals surface area contributed by atoms with Gasteiger partial charge in [-0.3, -0.25) is 0 Å². The molecular formula is C9H9NaO3. The first-order chi connectivity index (χ1) is 5.66. The van der Waals surface area contributed by atoms with Gasteiger partial charge in [-0.25, -0.2) is 0 Å². The number of carboxylic acid groups (broad SMARTS) is 1. The predicted octanol–water partition coefficient (Wildman–Crippen LogP) is -2.63. The number of carboxylic acids is 1. The second-order valence-corrected chi connectivity index (χ2v) is 2.44. The van der Waals surface area contributed by atoms with Crippen molar-refractivity contribution in [3.63, 3.8) is 0 Å². The van der Waals surface area contributed by atoms with E-state index in [2.05, 4.69) is 0 Å². The first-order valence-electron chi connectivity index (χ1n) is 3.51. The van der Waals surface area contributed by atoms with E-state index in [1.807, 2.05) is 0 Å². The molecule has 0 aliphatic heterocycles. The van der Waals surface area contributed by atoms with Gasteiger partial charge in [-0.1, -0.05) is 12.1 Å². The van der Waals surface area contributed by atoms with Crippen LogP contribution in [-0.2, 0) is 0 Å². The number of carbonyl (C=O) groups excluding carboxylic acids is 1. The molecular weight excluding hydrogens is 179 g/mol. The molecule has 4 heteroatoms. The molecule has 1 rings (SSSR count). The van der Waals surface area contributed by atoms with Gasteiger partial charge in [0.15, 0.2) is 0 Å². The third kappa shape index (κ3) is 2.72. The first kappa shape index (κ1) is 12.5. The summed E-state index contributed by atoms with van der Waals surface area (Å²) in [5, 5.41) is 10.5. The zero-order valence-electron chi connectivity index (χ0n) is 7.96. The number of para-hydroxylation sites is 1. The van der Waals surface area contributed by atoms with E-state index in [4.69, 9.17) is 4.74 Å². The van der Waals surface area contributed by atoms with Gasteiger partial charge in [0.25, 0.3) is 0 Å². The average Bonchev–Trinajstić information content (AvgIpc) is 2.03. The van der Waals surface area contributed by atoms with Gasteiger partial charge in [0.1, 0.15) is 5.75 Å². The molecule has 0 atom stereocenters. The van der Waals surface area contributed by atoms with Gasteiger partial charge >= 0.3 is 29.6 Å². The van der Waals surface area contributed by atoms with E-state index in [1.54, 1.807) is 19.1 Å². The zero-order valence-corrected chi connectivity index (χ0v) is 9.96. The summed E-state index contributed by atoms with van der Waals surface area (Å²) in [6, 6.07) is 4.90. The number of hydrogen-bond acceptors (Lipinski definition) is 3. The Hall–Kier alpha value is -0.510. The van der Waals surface area contributed by atoms with E-state index >= 15 is 0 Å². The van der Waals surface area contributed by atoms with Gasteiger partial charge < -0.3 is 14.6 Å². The van der Waals surface area contributed by atoms with Crippen LogP contribution < -0.4 is 39.4 Å². The number of hydrogen-bond donors (Lipinski definition) is 0. The number of methoxy groups -OCH3 is 1. The van der Waals surface area contributed by atoms with Gasteiger partial charge in [0.05, 0.1) is 13.1 Å². The molecule has 0 aliphatic carbocycles. The molecule has 0 radical (unpaired) electrons. The number of aromatic carboxylic acids is 1. The molecule has 0 aromatic heterocycles. The third-order valence-corrected chi connectivity index (χ3v) is 1.64. The summed E-state index contributed by atoms with van der Waals surface area (Å²) in [5.41, 5.74) is 0.886. The minimum Gasteiger partial charge on any atom is -0.545 e. The Morgan fingerprint density at radius 3 is 2.46 bits per heavy atom. The van der Waals surface area contributed by atoms with E-state index in [9.17, 15) is 9.90 Å². The van der Waals surface area contributed by atoms with Crippen LogP contribution in [0.25, 0.3) is 0 Å². The minimum atomic E-state index is -1.21. The maximum absolute atomic E-state index is 10.5. The molecule has 0 N–H and O–H groups in total. The number of rotatable bonds is 2. The summed E-state index contributed by atoms with van der Waals surface area (Å²) in [6.45, 7) is 1.78. The fourth-order valence-electron chi connectivity index (χ4n) is 1.08. The molecule has 0 amide bonds. The molecule has 0 fully saturated rings. The summed E-state index contributed by atoms with van der Waals surface area (Å²) in [5.74, 6) is -0.840. The van der Waals surface area contributed by atoms with Crippen LogP contribution in [0.15, 0.2) is 18.2 Å². The molecule has 0 saturated heterocycles. The zero-order chi connectivity index (χ0) is 9.14. The molecule has 0 bridgehead atoms. The molecule has 13 heavy (non-hydrogen) atoms. The van der Waals surface area contributed by atoms with Crippen LogP contribution in [0.2, 0.25) is 0 Å². The van der Waals surface area contributed by atoms with E-state index in [1.165, 1.54) is 13.2 Å². The molecule has 1 aromatic carbocycles. The summed E-state index contributed by atoms with van der Waals surface area (Å²) < 4.78 is 4.92. The summed E-state index contributed by atoms with van der Waals surface area (Å²) in [6.07, 6.45) is 0. The summed E-state index contributed by atoms with van der Waals surface area (Å²) in [4.78, 5) is 10.5. The van der Waals surface area contributed by atoms with Crippen molar-refractivity contribution in [3.05, 3.63) is 29.3 Å². The van der Waals surface area contributed by atoms with Crippen molar-refractivity contribution in [2.75, 3.05) is 7.11 Å². The smallest absolute Gasteiger partial charge is 0.545 e. The quantitative estimate of drug-likeness (QED) is 0.477. The van der Waals surface area contributed by atoms with Crippen molar-refractivity contribution in [1.29, 1.82) is 0 Å². The van der Waals surface area contributed by atoms with Crippen LogP contribution >= 0.6 is 0 Å². The van der Waals surface area contributed by atoms with Gasteiger partial charge in [-0.15, -0.1) is 0 Å². The number of carbonyl (C=O) groups is 1. The van der Waals surface area contributed by atoms with E-state index in [0.29, 0.717) is 5.75 Å². The van der Waals surface area contributed by atoms with Crippen molar-refractivity contribution in [1.82, 2.24) is 0 Å². The van der Waals surface area contributed by atoms with Crippen LogP contribution in [0.5, 0.6) is 5.75 Å². The Balaban J connectivity index is 0.00000144. The largest absolute Gasteiger partial charge is 1.00 e. The Labute approximate surface area is 99.0 Å². The molecule has 0 spiro atoms. The molecule has 64 valence electrons. The molecule has 0 aliphatic rings. The van der Waals surface area contributed by atoms with Crippen molar-refractivity contribution in [2.24, 2.45) is 0 Å². The second kappa shape index (κ2) is 5.27. The van der Waals surface area contributed by atoms with Gasteiger partial charge in [-0.2, -0.15) is 0 Å². The van der Waals surface area contributed by atoms with Crippen molar-refractivity contribution in [2.45, 2.75) is 6.92 Å². The monoisotopic (exact) mass is 188 g/mol. The van der Waals surface area contributed by atoms with Crippen molar-refractivity contribution < 1.29 is 44.2 Å². The Kier molecular flexibility index (Phi) is 5.06. The van der Waals surface area contributed by atoms with Gasteiger partial charge in [-0.05, 0) is 18.6 Å². The van der Waals surface area contributed by atoms with E-state index in [0.717, 1.165) is 5.56 Å². The number of benzene rings is 1. The Morgan fingerprint density at radius 2 is 2.08 bits per heavy atom. The molecule has 0 heterocycles. The molecule has 3 nitrogen and oxygen atoms in total. The topological polar surface area (TPSA) is 49.4 Å². The molecule has 0 saturated carbocycles. The normalized spacial score (nSPS) is 8.77. The Morgan fingerprint density at radius 1 is 1.46 bits per heavy atom. The summed E-state index contributed by atoms with van der Waals surface area (Å²) in [7, 11) is 1.44. The van der Waals surface area contributed by atoms with Gasteiger partial charge in [0.2, 0.25) is 0 Å². The van der Waals surface area contributed by atoms with Crippen molar-refractivity contribution in [3.8, 4) is 5.75 Å². The number of ether oxygens (including phenoxy) is 1. The summed E-state index contributed by atoms with van der Waals surface area (Å²) >= 11 is 0. The minimum absolute atomic E-state index is 0. The standard InChI is InChI=1S/C9H10O3.Na/c1-6-4-3-5-7(9(10)11)8(6)12-2;/h3-5H,1-2H3,(H,10,11);/q;+1/p-1. The SMILES string of the molecule is COc1c(C)cccc1C(=O)[O-].[Na+]. The van der Waals surface area contributed by atoms with E-state index in [-0.39, 0.29) is 35.1 Å². The average molecular weight is 188 g/mol. The first-order valence-corrected chi connectivity index (χ1v) is 3.51. The third-order valence-electron chi connectivity index (χ3n) is 1.64. The molecule has 0 unspecified atom stereocenters. The predicted molar refractivity (Wildman–Crippen MR) is 42.1 cm³/mol. The maximum atomic E-state index is 10.5. The van der Waals surface area contributed by atoms with Crippen molar-refractivity contribution >= 4 is 5.97 Å². The number of aryl methyl sites for hydroxylation is 1. The fourth-order valence-corrected chi connectivity index (χ4v) is 1.08. The van der Waals surface area contributed by atoms with Crippen LogP contribution in [0.4, 0.5) is 0 Å². The van der Waals surface area contributed by atoms with Crippen LogP contribution in [0, 0.1) is 6.92 Å². The van der Waals surface area contributed by atoms with Crippen LogP contribution in [0.3, 0.4) is 0 Å². The van der Waals surface area contributed by atoms with Crippen LogP contribution in [-0.4, -0.2) is 13.1 Å². The maximum Gasteiger partial charge on any atom is 1.00 e. The second-order valence-electron chi connectivity index (χ2n) is 2.44. The van der Waals surface area contributed by atoms with E-state index < -0.39 is 5.97 Å². The van der Waals surface area contributed by atoms with Crippen LogP contribution in [0.1, 0.15) is 15.9 Å². The van der Waals surface area contributed by atoms with Gasteiger partial charge in [0, 0.05) is 5.56 Å². The fraction of sp³-hybridized carbons (Fsp3) is 0.222. The molecule has 1 aromatic rings.